The van der Waals surface area contributed by atoms with Gasteiger partial charge in [0, 0.05) is 48.8 Å². The van der Waals surface area contributed by atoms with E-state index >= 15 is 0 Å². The standard InChI is InChI=1S/C24H44N8O7/c1-9-10-32(24(39)16-31(8)21(36)13-28(5)19(34)11-25-2)17-23(38)30(7)15-22(37)29(6)14-20(35)27(4)12-18(33)26-3/h25H,9-17H2,1-8H3,(H,26,33). The van der Waals surface area contributed by atoms with Gasteiger partial charge < -0.3 is 40.0 Å². The van der Waals surface area contributed by atoms with Crippen LogP contribution < -0.4 is 10.6 Å². The maximum absolute atomic E-state index is 12.9. The fourth-order valence-corrected chi connectivity index (χ4v) is 3.14. The highest BCUT2D eigenvalue weighted by Crippen LogP contribution is 2.01. The molecule has 7 amide bonds. The number of rotatable bonds is 16. The molecule has 0 atom stereocenters. The van der Waals surface area contributed by atoms with Gasteiger partial charge in [-0.3, -0.25) is 33.6 Å². The third-order valence-electron chi connectivity index (χ3n) is 5.78. The van der Waals surface area contributed by atoms with E-state index in [1.807, 2.05) is 6.92 Å². The lowest BCUT2D eigenvalue weighted by molar-refractivity contribution is -0.146. The average molecular weight is 557 g/mol. The van der Waals surface area contributed by atoms with Gasteiger partial charge in [0.1, 0.15) is 0 Å². The lowest BCUT2D eigenvalue weighted by Crippen LogP contribution is -2.49. The van der Waals surface area contributed by atoms with Crippen molar-refractivity contribution in [3.05, 3.63) is 0 Å². The summed E-state index contributed by atoms with van der Waals surface area (Å²) >= 11 is 0. The second-order valence-electron chi connectivity index (χ2n) is 9.27. The van der Waals surface area contributed by atoms with Crippen molar-refractivity contribution in [2.24, 2.45) is 0 Å². The van der Waals surface area contributed by atoms with Gasteiger partial charge in [0.05, 0.1) is 45.8 Å². The summed E-state index contributed by atoms with van der Waals surface area (Å²) in [4.78, 5) is 93.5. The first-order valence-corrected chi connectivity index (χ1v) is 12.5. The fraction of sp³-hybridized carbons (Fsp3) is 0.708. The number of nitrogens with zero attached hydrogens (tertiary/aromatic N) is 6. The van der Waals surface area contributed by atoms with Crippen LogP contribution in [-0.2, 0) is 33.6 Å². The van der Waals surface area contributed by atoms with Crippen LogP contribution in [-0.4, -0.2) is 172 Å². The molecule has 0 heterocycles. The molecule has 0 rings (SSSR count). The number of hydrogen-bond acceptors (Lipinski definition) is 8. The molecule has 0 fully saturated rings. The zero-order valence-electron chi connectivity index (χ0n) is 24.4. The van der Waals surface area contributed by atoms with E-state index in [0.29, 0.717) is 6.42 Å². The van der Waals surface area contributed by atoms with Gasteiger partial charge in [0.2, 0.25) is 41.4 Å². The summed E-state index contributed by atoms with van der Waals surface area (Å²) < 4.78 is 0. The average Bonchev–Trinajstić information content (AvgIpc) is 2.87. The minimum atomic E-state index is -0.497. The molecule has 0 radical (unpaired) electrons. The molecular weight excluding hydrogens is 512 g/mol. The van der Waals surface area contributed by atoms with Crippen molar-refractivity contribution in [3.8, 4) is 0 Å². The molecule has 39 heavy (non-hydrogen) atoms. The predicted molar refractivity (Wildman–Crippen MR) is 143 cm³/mol. The van der Waals surface area contributed by atoms with E-state index < -0.39 is 29.5 Å². The SMILES string of the molecule is CCCN(CC(=O)N(C)CC(=O)N(C)CC(=O)N(C)CC(=O)NC)C(=O)CN(C)C(=O)CN(C)C(=O)CNC. The Labute approximate surface area is 230 Å². The molecule has 0 aliphatic carbocycles. The molecule has 0 spiro atoms. The minimum absolute atomic E-state index is 0.0790. The number of carbonyl (C=O) groups is 7. The Morgan fingerprint density at radius 2 is 0.872 bits per heavy atom. The fourth-order valence-electron chi connectivity index (χ4n) is 3.14. The molecule has 0 aliphatic heterocycles. The lowest BCUT2D eigenvalue weighted by atomic mass is 10.3. The summed E-state index contributed by atoms with van der Waals surface area (Å²) in [5, 5.41) is 5.12. The highest BCUT2D eigenvalue weighted by Gasteiger charge is 2.25. The first kappa shape index (κ1) is 35.2. The molecule has 0 bridgehead atoms. The van der Waals surface area contributed by atoms with Crippen LogP contribution in [0.15, 0.2) is 0 Å². The van der Waals surface area contributed by atoms with Gasteiger partial charge in [-0.05, 0) is 13.5 Å². The molecular formula is C24H44N8O7. The second-order valence-corrected chi connectivity index (χ2v) is 9.27. The molecule has 0 aromatic carbocycles. The van der Waals surface area contributed by atoms with E-state index in [-0.39, 0.29) is 64.2 Å². The quantitative estimate of drug-likeness (QED) is 0.198. The van der Waals surface area contributed by atoms with E-state index in [9.17, 15) is 33.6 Å². The molecule has 0 saturated heterocycles. The maximum Gasteiger partial charge on any atom is 0.242 e. The first-order chi connectivity index (χ1) is 18.2. The summed E-state index contributed by atoms with van der Waals surface area (Å²) in [5.74, 6) is -2.94. The van der Waals surface area contributed by atoms with Crippen LogP contribution in [0.25, 0.3) is 0 Å². The van der Waals surface area contributed by atoms with Gasteiger partial charge in [0.25, 0.3) is 0 Å². The zero-order valence-corrected chi connectivity index (χ0v) is 24.4. The maximum atomic E-state index is 12.9. The third kappa shape index (κ3) is 13.0. The molecule has 2 N–H and O–H groups in total. The Kier molecular flexibility index (Phi) is 16.0. The molecule has 15 heteroatoms. The van der Waals surface area contributed by atoms with E-state index in [1.165, 1.54) is 61.9 Å². The number of amides is 7. The van der Waals surface area contributed by atoms with Gasteiger partial charge in [-0.25, -0.2) is 0 Å². The number of hydrogen-bond donors (Lipinski definition) is 2. The van der Waals surface area contributed by atoms with Crippen molar-refractivity contribution in [3.63, 3.8) is 0 Å². The first-order valence-electron chi connectivity index (χ1n) is 12.5. The zero-order chi connectivity index (χ0) is 30.3. The Hall–Kier alpha value is -3.75. The smallest absolute Gasteiger partial charge is 0.242 e. The third-order valence-corrected chi connectivity index (χ3v) is 5.78. The minimum Gasteiger partial charge on any atom is -0.358 e. The summed E-state index contributed by atoms with van der Waals surface area (Å²) in [6.07, 6.45) is 0.564. The Bertz CT molecular complexity index is 898. The van der Waals surface area contributed by atoms with Crippen LogP contribution in [0.3, 0.4) is 0 Å². The van der Waals surface area contributed by atoms with Gasteiger partial charge in [-0.1, -0.05) is 6.92 Å². The van der Waals surface area contributed by atoms with Crippen molar-refractivity contribution in [2.45, 2.75) is 13.3 Å². The van der Waals surface area contributed by atoms with Gasteiger partial charge in [-0.2, -0.15) is 0 Å². The van der Waals surface area contributed by atoms with Crippen LogP contribution >= 0.6 is 0 Å². The molecule has 0 aromatic rings. The van der Waals surface area contributed by atoms with Crippen molar-refractivity contribution in [1.82, 2.24) is 40.0 Å². The number of likely N-dealkylation sites (N-methyl/N-ethyl adjacent to an activating group) is 7. The normalized spacial score (nSPS) is 10.3. The Morgan fingerprint density at radius 3 is 1.26 bits per heavy atom. The van der Waals surface area contributed by atoms with Crippen molar-refractivity contribution in [1.29, 1.82) is 0 Å². The van der Waals surface area contributed by atoms with Crippen molar-refractivity contribution in [2.75, 3.05) is 102 Å². The van der Waals surface area contributed by atoms with Gasteiger partial charge in [-0.15, -0.1) is 0 Å². The van der Waals surface area contributed by atoms with Crippen LogP contribution in [0.1, 0.15) is 13.3 Å². The largest absolute Gasteiger partial charge is 0.358 e. The number of nitrogens with one attached hydrogen (secondary N) is 2. The lowest BCUT2D eigenvalue weighted by Gasteiger charge is -2.28. The molecule has 222 valence electrons. The van der Waals surface area contributed by atoms with Gasteiger partial charge in [0.15, 0.2) is 0 Å². The Morgan fingerprint density at radius 1 is 0.513 bits per heavy atom. The van der Waals surface area contributed by atoms with E-state index in [2.05, 4.69) is 10.6 Å². The van der Waals surface area contributed by atoms with Crippen LogP contribution in [0, 0.1) is 0 Å². The van der Waals surface area contributed by atoms with Crippen LogP contribution in [0.5, 0.6) is 0 Å². The topological polar surface area (TPSA) is 163 Å². The van der Waals surface area contributed by atoms with E-state index in [0.717, 1.165) is 9.80 Å². The van der Waals surface area contributed by atoms with Crippen LogP contribution in [0.2, 0.25) is 0 Å². The monoisotopic (exact) mass is 556 g/mol. The van der Waals surface area contributed by atoms with Crippen molar-refractivity contribution >= 4 is 41.4 Å². The Balaban J connectivity index is 4.97. The van der Waals surface area contributed by atoms with Crippen LogP contribution in [0.4, 0.5) is 0 Å². The molecule has 0 aromatic heterocycles. The molecule has 0 aliphatic rings. The molecule has 15 nitrogen and oxygen atoms in total. The molecule has 0 saturated carbocycles. The second kappa shape index (κ2) is 17.7. The predicted octanol–water partition coefficient (Wildman–Crippen LogP) is -3.52. The van der Waals surface area contributed by atoms with E-state index in [4.69, 9.17) is 0 Å². The van der Waals surface area contributed by atoms with Gasteiger partial charge >= 0.3 is 0 Å². The highest BCUT2D eigenvalue weighted by atomic mass is 16.2. The number of carbonyl (C=O) groups excluding carboxylic acids is 7. The molecule has 0 unspecified atom stereocenters. The van der Waals surface area contributed by atoms with Crippen molar-refractivity contribution < 1.29 is 33.6 Å². The highest BCUT2D eigenvalue weighted by molar-refractivity contribution is 5.92. The summed E-state index contributed by atoms with van der Waals surface area (Å²) in [6, 6.07) is 0. The van der Waals surface area contributed by atoms with E-state index in [1.54, 1.807) is 7.05 Å². The summed E-state index contributed by atoms with van der Waals surface area (Å²) in [7, 11) is 10.3. The summed E-state index contributed by atoms with van der Waals surface area (Å²) in [5.41, 5.74) is 0. The summed E-state index contributed by atoms with van der Waals surface area (Å²) in [6.45, 7) is 0.668.